The van der Waals surface area contributed by atoms with Gasteiger partial charge in [0.1, 0.15) is 6.10 Å². The van der Waals surface area contributed by atoms with Crippen LogP contribution in [0.5, 0.6) is 0 Å². The van der Waals surface area contributed by atoms with Crippen LogP contribution in [0.25, 0.3) is 0 Å². The third kappa shape index (κ3) is 1.57. The maximum absolute atomic E-state index is 11.3. The van der Waals surface area contributed by atoms with Gasteiger partial charge in [0.2, 0.25) is 5.78 Å². The van der Waals surface area contributed by atoms with Crippen molar-refractivity contribution in [2.75, 3.05) is 0 Å². The molecule has 0 heterocycles. The summed E-state index contributed by atoms with van der Waals surface area (Å²) in [6.07, 6.45) is 2.12. The summed E-state index contributed by atoms with van der Waals surface area (Å²) in [5, 5.41) is 0. The van der Waals surface area contributed by atoms with E-state index in [-0.39, 0.29) is 6.10 Å². The monoisotopic (exact) mass is 224 g/mol. The Balaban J connectivity index is 2.01. The summed E-state index contributed by atoms with van der Waals surface area (Å²) in [5.41, 5.74) is 0.387. The van der Waals surface area contributed by atoms with E-state index in [0.717, 1.165) is 6.42 Å². The van der Waals surface area contributed by atoms with Crippen LogP contribution in [0.1, 0.15) is 40.5 Å². The van der Waals surface area contributed by atoms with Gasteiger partial charge < -0.3 is 4.74 Å². The summed E-state index contributed by atoms with van der Waals surface area (Å²) in [5.74, 6) is 0.499. The zero-order valence-corrected chi connectivity index (χ0v) is 10.4. The van der Waals surface area contributed by atoms with Crippen molar-refractivity contribution in [3.63, 3.8) is 0 Å². The molecule has 0 aliphatic heterocycles. The van der Waals surface area contributed by atoms with E-state index in [1.807, 2.05) is 0 Å². The van der Waals surface area contributed by atoms with Crippen LogP contribution < -0.4 is 0 Å². The molecule has 0 N–H and O–H groups in total. The van der Waals surface area contributed by atoms with Gasteiger partial charge in [0.15, 0.2) is 0 Å². The minimum atomic E-state index is -0.670. The number of rotatable bonds is 2. The lowest BCUT2D eigenvalue weighted by Gasteiger charge is -2.61. The van der Waals surface area contributed by atoms with Crippen LogP contribution in [0.15, 0.2) is 0 Å². The molecule has 3 heteroatoms. The first-order valence-electron chi connectivity index (χ1n) is 6.05. The standard InChI is InChI=1S/C13H20O3/c1-7-10-5-9(13(10,3)4)6-11(7)16-12(15)8(2)14/h7,9-11H,5-6H2,1-4H3/t7?,9-,10+,11?/m0/s1. The van der Waals surface area contributed by atoms with E-state index in [2.05, 4.69) is 20.8 Å². The Kier molecular flexibility index (Phi) is 2.59. The van der Waals surface area contributed by atoms with Crippen molar-refractivity contribution in [2.45, 2.75) is 46.6 Å². The Bertz CT molecular complexity index is 332. The predicted octanol–water partition coefficient (Wildman–Crippen LogP) is 2.19. The Morgan fingerprint density at radius 2 is 1.88 bits per heavy atom. The van der Waals surface area contributed by atoms with Crippen molar-refractivity contribution >= 4 is 11.8 Å². The van der Waals surface area contributed by atoms with E-state index in [0.29, 0.717) is 23.2 Å². The quantitative estimate of drug-likeness (QED) is 0.533. The molecular weight excluding hydrogens is 204 g/mol. The summed E-state index contributed by atoms with van der Waals surface area (Å²) in [4.78, 5) is 22.1. The molecule has 0 aromatic rings. The highest BCUT2D eigenvalue weighted by atomic mass is 16.5. The van der Waals surface area contributed by atoms with Crippen molar-refractivity contribution in [2.24, 2.45) is 23.2 Å². The molecule has 2 bridgehead atoms. The lowest BCUT2D eigenvalue weighted by molar-refractivity contribution is -0.187. The number of ketones is 1. The van der Waals surface area contributed by atoms with E-state index in [9.17, 15) is 9.59 Å². The minimum absolute atomic E-state index is 0.0480. The molecule has 16 heavy (non-hydrogen) atoms. The fraction of sp³-hybridized carbons (Fsp3) is 0.846. The van der Waals surface area contributed by atoms with Crippen LogP contribution >= 0.6 is 0 Å². The van der Waals surface area contributed by atoms with Gasteiger partial charge in [-0.3, -0.25) is 4.79 Å². The highest BCUT2D eigenvalue weighted by Crippen LogP contribution is 2.61. The van der Waals surface area contributed by atoms with Crippen LogP contribution in [-0.2, 0) is 14.3 Å². The third-order valence-electron chi connectivity index (χ3n) is 4.83. The maximum Gasteiger partial charge on any atom is 0.374 e. The second-order valence-corrected chi connectivity index (χ2v) is 5.96. The molecule has 0 saturated heterocycles. The van der Waals surface area contributed by atoms with Gasteiger partial charge in [0.25, 0.3) is 0 Å². The van der Waals surface area contributed by atoms with Crippen molar-refractivity contribution in [1.29, 1.82) is 0 Å². The van der Waals surface area contributed by atoms with E-state index in [1.54, 1.807) is 0 Å². The van der Waals surface area contributed by atoms with E-state index in [1.165, 1.54) is 13.3 Å². The fourth-order valence-corrected chi connectivity index (χ4v) is 3.48. The molecule has 3 rings (SSSR count). The van der Waals surface area contributed by atoms with E-state index in [4.69, 9.17) is 4.74 Å². The smallest absolute Gasteiger partial charge is 0.374 e. The number of carbonyl (C=O) groups is 2. The van der Waals surface area contributed by atoms with Crippen LogP contribution in [0.3, 0.4) is 0 Å². The number of fused-ring (bicyclic) bond motifs is 2. The number of hydrogen-bond acceptors (Lipinski definition) is 3. The molecule has 0 aromatic carbocycles. The van der Waals surface area contributed by atoms with Gasteiger partial charge in [-0.05, 0) is 36.0 Å². The largest absolute Gasteiger partial charge is 0.456 e. The predicted molar refractivity (Wildman–Crippen MR) is 59.7 cm³/mol. The third-order valence-corrected chi connectivity index (χ3v) is 4.83. The van der Waals surface area contributed by atoms with Crippen molar-refractivity contribution in [3.8, 4) is 0 Å². The number of Topliss-reactive ketones (excluding diaryl/α,β-unsaturated/α-hetero) is 1. The fourth-order valence-electron chi connectivity index (χ4n) is 3.48. The first kappa shape index (κ1) is 11.6. The Morgan fingerprint density at radius 3 is 2.31 bits per heavy atom. The van der Waals surface area contributed by atoms with Gasteiger partial charge in [0.05, 0.1) is 0 Å². The molecule has 90 valence electrons. The van der Waals surface area contributed by atoms with E-state index < -0.39 is 11.8 Å². The molecule has 3 nitrogen and oxygen atoms in total. The van der Waals surface area contributed by atoms with Gasteiger partial charge >= 0.3 is 5.97 Å². The summed E-state index contributed by atoms with van der Waals surface area (Å²) >= 11 is 0. The molecule has 0 amide bonds. The number of esters is 1. The molecule has 4 atom stereocenters. The van der Waals surface area contributed by atoms with Gasteiger partial charge in [-0.25, -0.2) is 4.79 Å². The van der Waals surface area contributed by atoms with Gasteiger partial charge in [-0.2, -0.15) is 0 Å². The lowest BCUT2D eigenvalue weighted by Crippen LogP contribution is -2.57. The Labute approximate surface area is 96.5 Å². The normalized spacial score (nSPS) is 39.8. The second kappa shape index (κ2) is 3.57. The zero-order valence-electron chi connectivity index (χ0n) is 10.4. The van der Waals surface area contributed by atoms with Crippen molar-refractivity contribution in [3.05, 3.63) is 0 Å². The summed E-state index contributed by atoms with van der Waals surface area (Å²) in [7, 11) is 0. The molecule has 3 aliphatic rings. The van der Waals surface area contributed by atoms with Crippen molar-refractivity contribution < 1.29 is 14.3 Å². The average molecular weight is 224 g/mol. The molecular formula is C13H20O3. The summed E-state index contributed by atoms with van der Waals surface area (Å²) in [6, 6.07) is 0. The van der Waals surface area contributed by atoms with Crippen LogP contribution in [0.2, 0.25) is 0 Å². The SMILES string of the molecule is CC(=O)C(=O)OC1C[C@@H]2C[C@H](C1C)C2(C)C. The van der Waals surface area contributed by atoms with Crippen molar-refractivity contribution in [1.82, 2.24) is 0 Å². The number of hydrogen-bond donors (Lipinski definition) is 0. The Hall–Kier alpha value is -0.860. The highest BCUT2D eigenvalue weighted by molar-refractivity contribution is 6.32. The first-order valence-corrected chi connectivity index (χ1v) is 6.05. The molecule has 0 spiro atoms. The summed E-state index contributed by atoms with van der Waals surface area (Å²) < 4.78 is 5.27. The Morgan fingerprint density at radius 1 is 1.25 bits per heavy atom. The van der Waals surface area contributed by atoms with Gasteiger partial charge in [-0.1, -0.05) is 20.8 Å². The van der Waals surface area contributed by atoms with Crippen LogP contribution in [0, 0.1) is 23.2 Å². The minimum Gasteiger partial charge on any atom is -0.456 e. The topological polar surface area (TPSA) is 43.4 Å². The molecule has 3 saturated carbocycles. The summed E-state index contributed by atoms with van der Waals surface area (Å²) in [6.45, 7) is 8.00. The number of ether oxygens (including phenoxy) is 1. The molecule has 2 unspecified atom stereocenters. The molecule has 3 fully saturated rings. The lowest BCUT2D eigenvalue weighted by atomic mass is 9.45. The average Bonchev–Trinajstić information content (AvgIpc) is 2.19. The van der Waals surface area contributed by atoms with E-state index >= 15 is 0 Å². The zero-order chi connectivity index (χ0) is 12.1. The highest BCUT2D eigenvalue weighted by Gasteiger charge is 2.57. The van der Waals surface area contributed by atoms with Gasteiger partial charge in [0, 0.05) is 6.92 Å². The maximum atomic E-state index is 11.3. The van der Waals surface area contributed by atoms with Crippen LogP contribution in [-0.4, -0.2) is 17.9 Å². The van der Waals surface area contributed by atoms with Gasteiger partial charge in [-0.15, -0.1) is 0 Å². The molecule has 0 aromatic heterocycles. The second-order valence-electron chi connectivity index (χ2n) is 5.96. The van der Waals surface area contributed by atoms with Crippen LogP contribution in [0.4, 0.5) is 0 Å². The number of carbonyl (C=O) groups excluding carboxylic acids is 2. The first-order chi connectivity index (χ1) is 7.34. The molecule has 0 radical (unpaired) electrons. The molecule has 3 aliphatic carbocycles.